The Hall–Kier alpha value is -2.73. The molecule has 1 aromatic carbocycles. The first-order valence-corrected chi connectivity index (χ1v) is 10.3. The van der Waals surface area contributed by atoms with Crippen molar-refractivity contribution in [3.63, 3.8) is 0 Å². The molecule has 1 aliphatic heterocycles. The van der Waals surface area contributed by atoms with Gasteiger partial charge in [0.1, 0.15) is 19.0 Å². The third-order valence-electron chi connectivity index (χ3n) is 5.57. The van der Waals surface area contributed by atoms with E-state index >= 15 is 0 Å². The fraction of sp³-hybridized carbons (Fsp3) is 0.435. The van der Waals surface area contributed by atoms with E-state index in [4.69, 9.17) is 9.47 Å². The molecule has 154 valence electrons. The van der Waals surface area contributed by atoms with Crippen molar-refractivity contribution in [3.8, 4) is 17.3 Å². The normalized spacial score (nSPS) is 14.4. The third kappa shape index (κ3) is 3.77. The smallest absolute Gasteiger partial charge is 0.161 e. The van der Waals surface area contributed by atoms with E-state index in [1.807, 2.05) is 12.3 Å². The minimum absolute atomic E-state index is 0.204. The zero-order valence-corrected chi connectivity index (χ0v) is 17.9. The van der Waals surface area contributed by atoms with Gasteiger partial charge in [0.05, 0.1) is 6.20 Å². The highest BCUT2D eigenvalue weighted by Crippen LogP contribution is 2.32. The van der Waals surface area contributed by atoms with Gasteiger partial charge in [0.15, 0.2) is 11.5 Å². The van der Waals surface area contributed by atoms with Gasteiger partial charge in [-0.15, -0.1) is 0 Å². The second-order valence-corrected chi connectivity index (χ2v) is 7.97. The maximum atomic E-state index is 5.72. The van der Waals surface area contributed by atoms with Crippen molar-refractivity contribution in [2.24, 2.45) is 0 Å². The Kier molecular flexibility index (Phi) is 5.37. The van der Waals surface area contributed by atoms with Gasteiger partial charge in [0.25, 0.3) is 0 Å². The van der Waals surface area contributed by atoms with Crippen LogP contribution < -0.4 is 14.8 Å². The monoisotopic (exact) mass is 394 g/mol. The van der Waals surface area contributed by atoms with Crippen molar-refractivity contribution < 1.29 is 9.47 Å². The number of rotatable bonds is 6. The van der Waals surface area contributed by atoms with Gasteiger partial charge in [0, 0.05) is 36.1 Å². The van der Waals surface area contributed by atoms with E-state index in [0.717, 1.165) is 23.9 Å². The molecule has 0 radical (unpaired) electrons. The molecule has 0 aliphatic carbocycles. The van der Waals surface area contributed by atoms with Crippen LogP contribution in [-0.4, -0.2) is 27.6 Å². The van der Waals surface area contributed by atoms with Crippen molar-refractivity contribution in [2.75, 3.05) is 13.2 Å². The number of fused-ring (bicyclic) bond motifs is 1. The molecular formula is C23H30N4O2. The van der Waals surface area contributed by atoms with Crippen LogP contribution in [0.25, 0.3) is 5.82 Å². The highest BCUT2D eigenvalue weighted by Gasteiger charge is 2.17. The molecule has 0 saturated carbocycles. The number of nitrogens with one attached hydrogen (secondary N) is 1. The minimum Gasteiger partial charge on any atom is -0.486 e. The summed E-state index contributed by atoms with van der Waals surface area (Å²) >= 11 is 0. The Labute approximate surface area is 172 Å². The standard InChI is InChI=1S/C23H30N4O2/c1-15(2)27-23(8-9-25-27)26-16(3)12-20(18(26)5)14-24-17(4)19-6-7-21-22(13-19)29-11-10-28-21/h6-9,12-13,15,17,24H,10-11,14H2,1-5H3/t17-/m0/s1. The van der Waals surface area contributed by atoms with Gasteiger partial charge in [-0.05, 0) is 63.9 Å². The van der Waals surface area contributed by atoms with Crippen LogP contribution in [0.5, 0.6) is 11.5 Å². The molecule has 29 heavy (non-hydrogen) atoms. The van der Waals surface area contributed by atoms with Gasteiger partial charge in [-0.3, -0.25) is 0 Å². The molecule has 3 heterocycles. The number of benzene rings is 1. The first-order valence-electron chi connectivity index (χ1n) is 10.3. The Morgan fingerprint density at radius 2 is 1.79 bits per heavy atom. The molecule has 1 atom stereocenters. The maximum absolute atomic E-state index is 5.72. The average Bonchev–Trinajstić information content (AvgIpc) is 3.29. The molecule has 2 aromatic heterocycles. The first kappa shape index (κ1) is 19.6. The molecule has 0 bridgehead atoms. The summed E-state index contributed by atoms with van der Waals surface area (Å²) in [5.41, 5.74) is 4.95. The molecule has 6 nitrogen and oxygen atoms in total. The topological polar surface area (TPSA) is 53.2 Å². The van der Waals surface area contributed by atoms with Crippen LogP contribution in [0.3, 0.4) is 0 Å². The summed E-state index contributed by atoms with van der Waals surface area (Å²) in [6.07, 6.45) is 1.87. The molecule has 0 saturated heterocycles. The second-order valence-electron chi connectivity index (χ2n) is 7.97. The van der Waals surface area contributed by atoms with Crippen LogP contribution in [0.2, 0.25) is 0 Å². The summed E-state index contributed by atoms with van der Waals surface area (Å²) in [5.74, 6) is 2.78. The van der Waals surface area contributed by atoms with E-state index < -0.39 is 0 Å². The van der Waals surface area contributed by atoms with Crippen LogP contribution in [0.15, 0.2) is 36.5 Å². The molecule has 4 rings (SSSR count). The fourth-order valence-corrected chi connectivity index (χ4v) is 3.95. The summed E-state index contributed by atoms with van der Waals surface area (Å²) in [4.78, 5) is 0. The average molecular weight is 395 g/mol. The van der Waals surface area contributed by atoms with E-state index in [1.165, 1.54) is 22.5 Å². The first-order chi connectivity index (χ1) is 14.0. The summed E-state index contributed by atoms with van der Waals surface area (Å²) in [7, 11) is 0. The molecule has 0 amide bonds. The zero-order chi connectivity index (χ0) is 20.5. The predicted molar refractivity (Wildman–Crippen MR) is 114 cm³/mol. The molecule has 0 fully saturated rings. The predicted octanol–water partition coefficient (Wildman–Crippen LogP) is 4.49. The number of ether oxygens (including phenoxy) is 2. The molecule has 6 heteroatoms. The van der Waals surface area contributed by atoms with Crippen molar-refractivity contribution in [1.82, 2.24) is 19.7 Å². The van der Waals surface area contributed by atoms with Crippen molar-refractivity contribution in [3.05, 3.63) is 59.0 Å². The Morgan fingerprint density at radius 1 is 1.03 bits per heavy atom. The third-order valence-corrected chi connectivity index (χ3v) is 5.57. The van der Waals surface area contributed by atoms with Crippen LogP contribution in [0, 0.1) is 13.8 Å². The SMILES string of the molecule is Cc1cc(CN[C@@H](C)c2ccc3c(c2)OCCO3)c(C)n1-c1ccnn1C(C)C. The number of hydrogen-bond donors (Lipinski definition) is 1. The molecule has 3 aromatic rings. The number of aryl methyl sites for hydroxylation is 1. The highest BCUT2D eigenvalue weighted by molar-refractivity contribution is 5.44. The molecule has 1 N–H and O–H groups in total. The van der Waals surface area contributed by atoms with Crippen LogP contribution in [-0.2, 0) is 6.54 Å². The van der Waals surface area contributed by atoms with Crippen LogP contribution >= 0.6 is 0 Å². The maximum Gasteiger partial charge on any atom is 0.161 e. The highest BCUT2D eigenvalue weighted by atomic mass is 16.6. The van der Waals surface area contributed by atoms with Gasteiger partial charge in [-0.2, -0.15) is 5.10 Å². The molecule has 0 spiro atoms. The van der Waals surface area contributed by atoms with E-state index in [-0.39, 0.29) is 6.04 Å². The van der Waals surface area contributed by atoms with Crippen molar-refractivity contribution in [2.45, 2.75) is 53.2 Å². The summed E-state index contributed by atoms with van der Waals surface area (Å²) in [5, 5.41) is 8.14. The van der Waals surface area contributed by atoms with Gasteiger partial charge in [0.2, 0.25) is 0 Å². The lowest BCUT2D eigenvalue weighted by Crippen LogP contribution is -2.20. The van der Waals surface area contributed by atoms with Crippen LogP contribution in [0.4, 0.5) is 0 Å². The van der Waals surface area contributed by atoms with E-state index in [1.54, 1.807) is 0 Å². The zero-order valence-electron chi connectivity index (χ0n) is 17.9. The molecular weight excluding hydrogens is 364 g/mol. The molecule has 1 aliphatic rings. The van der Waals surface area contributed by atoms with Gasteiger partial charge >= 0.3 is 0 Å². The van der Waals surface area contributed by atoms with Crippen molar-refractivity contribution in [1.29, 1.82) is 0 Å². The lowest BCUT2D eigenvalue weighted by atomic mass is 10.1. The van der Waals surface area contributed by atoms with E-state index in [2.05, 4.69) is 78.5 Å². The summed E-state index contributed by atoms with van der Waals surface area (Å²) < 4.78 is 15.7. The van der Waals surface area contributed by atoms with Gasteiger partial charge in [-0.1, -0.05) is 6.07 Å². The van der Waals surface area contributed by atoms with Crippen molar-refractivity contribution >= 4 is 0 Å². The van der Waals surface area contributed by atoms with E-state index in [0.29, 0.717) is 19.3 Å². The quantitative estimate of drug-likeness (QED) is 0.669. The molecule has 0 unspecified atom stereocenters. The number of hydrogen-bond acceptors (Lipinski definition) is 4. The van der Waals surface area contributed by atoms with Crippen LogP contribution in [0.1, 0.15) is 55.4 Å². The Bertz CT molecular complexity index is 1000. The summed E-state index contributed by atoms with van der Waals surface area (Å²) in [6.45, 7) is 12.8. The number of nitrogens with zero attached hydrogens (tertiary/aromatic N) is 3. The lowest BCUT2D eigenvalue weighted by molar-refractivity contribution is 0.171. The summed E-state index contributed by atoms with van der Waals surface area (Å²) in [6, 6.07) is 11.0. The fourth-order valence-electron chi connectivity index (χ4n) is 3.95. The van der Waals surface area contributed by atoms with E-state index in [9.17, 15) is 0 Å². The largest absolute Gasteiger partial charge is 0.486 e. The van der Waals surface area contributed by atoms with Gasteiger partial charge < -0.3 is 19.4 Å². The Morgan fingerprint density at radius 3 is 2.55 bits per heavy atom. The number of aromatic nitrogens is 3. The Balaban J connectivity index is 1.51. The minimum atomic E-state index is 0.204. The van der Waals surface area contributed by atoms with Gasteiger partial charge in [-0.25, -0.2) is 4.68 Å². The second kappa shape index (κ2) is 7.95. The lowest BCUT2D eigenvalue weighted by Gasteiger charge is -2.21.